The van der Waals surface area contributed by atoms with Crippen LogP contribution in [0.5, 0.6) is 0 Å². The number of phosphoric ester groups is 1. The van der Waals surface area contributed by atoms with E-state index in [0.29, 0.717) is 12.8 Å². The molecule has 3 atom stereocenters. The largest absolute Gasteiger partial charge is 0.472 e. The van der Waals surface area contributed by atoms with Gasteiger partial charge in [0.15, 0.2) is 0 Å². The monoisotopic (exact) mass is 787 g/mol. The SMILES string of the molecule is CC/C=C\C/C=C\C/C=C\CCCCCCCC(=O)OC(CO)COP(=O)(O)OCC(CO)OC(=O)CCCCCCCCCCCCCCCCCC. The van der Waals surface area contributed by atoms with E-state index < -0.39 is 58.4 Å². The molecule has 11 heteroatoms. The molecule has 54 heavy (non-hydrogen) atoms. The molecule has 0 aromatic carbocycles. The molecule has 0 aromatic heterocycles. The molecule has 0 rings (SSSR count). The van der Waals surface area contributed by atoms with Gasteiger partial charge < -0.3 is 24.6 Å². The number of aliphatic hydroxyl groups is 2. The first-order valence-corrected chi connectivity index (χ1v) is 22.9. The van der Waals surface area contributed by atoms with Crippen LogP contribution in [0, 0.1) is 0 Å². The van der Waals surface area contributed by atoms with E-state index in [1.54, 1.807) is 0 Å². The average Bonchev–Trinajstić information content (AvgIpc) is 3.16. The Labute approximate surface area is 329 Å². The zero-order valence-corrected chi connectivity index (χ0v) is 35.1. The van der Waals surface area contributed by atoms with E-state index in [0.717, 1.165) is 70.6 Å². The molecule has 0 fully saturated rings. The summed E-state index contributed by atoms with van der Waals surface area (Å²) in [5.74, 6) is -1.03. The van der Waals surface area contributed by atoms with Gasteiger partial charge >= 0.3 is 19.8 Å². The Morgan fingerprint density at radius 3 is 1.26 bits per heavy atom. The summed E-state index contributed by atoms with van der Waals surface area (Å²) in [4.78, 5) is 34.5. The highest BCUT2D eigenvalue weighted by molar-refractivity contribution is 7.47. The smallest absolute Gasteiger partial charge is 0.457 e. The predicted octanol–water partition coefficient (Wildman–Crippen LogP) is 11.2. The van der Waals surface area contributed by atoms with Gasteiger partial charge in [0.2, 0.25) is 0 Å². The van der Waals surface area contributed by atoms with Crippen LogP contribution < -0.4 is 0 Å². The minimum Gasteiger partial charge on any atom is -0.457 e. The van der Waals surface area contributed by atoms with Crippen LogP contribution in [0.15, 0.2) is 36.5 Å². The zero-order valence-electron chi connectivity index (χ0n) is 34.2. The van der Waals surface area contributed by atoms with Gasteiger partial charge in [-0.2, -0.15) is 0 Å². The molecule has 0 saturated carbocycles. The van der Waals surface area contributed by atoms with Gasteiger partial charge in [0.1, 0.15) is 12.2 Å². The van der Waals surface area contributed by atoms with Crippen LogP contribution in [0.2, 0.25) is 0 Å². The van der Waals surface area contributed by atoms with E-state index in [1.165, 1.54) is 77.0 Å². The van der Waals surface area contributed by atoms with Gasteiger partial charge in [-0.3, -0.25) is 18.6 Å². The van der Waals surface area contributed by atoms with Crippen molar-refractivity contribution < 1.29 is 47.8 Å². The molecule has 0 aromatic rings. The number of phosphoric acid groups is 1. The van der Waals surface area contributed by atoms with Gasteiger partial charge in [0.05, 0.1) is 26.4 Å². The van der Waals surface area contributed by atoms with Crippen LogP contribution in [0.3, 0.4) is 0 Å². The number of rotatable bonds is 40. The quantitative estimate of drug-likeness (QED) is 0.0237. The lowest BCUT2D eigenvalue weighted by Crippen LogP contribution is -2.28. The molecule has 0 aliphatic heterocycles. The van der Waals surface area contributed by atoms with Gasteiger partial charge in [-0.05, 0) is 44.9 Å². The van der Waals surface area contributed by atoms with Crippen molar-refractivity contribution in [2.24, 2.45) is 0 Å². The summed E-state index contributed by atoms with van der Waals surface area (Å²) in [7, 11) is -4.64. The Morgan fingerprint density at radius 2 is 0.870 bits per heavy atom. The second kappa shape index (κ2) is 39.4. The maximum absolute atomic E-state index is 12.4. The molecule has 0 heterocycles. The number of hydrogen-bond acceptors (Lipinski definition) is 9. The Bertz CT molecular complexity index is 999. The predicted molar refractivity (Wildman–Crippen MR) is 219 cm³/mol. The van der Waals surface area contributed by atoms with Gasteiger partial charge in [0, 0.05) is 12.8 Å². The molecule has 10 nitrogen and oxygen atoms in total. The number of aliphatic hydroxyl groups excluding tert-OH is 2. The minimum atomic E-state index is -4.64. The van der Waals surface area contributed by atoms with Crippen molar-refractivity contribution in [3.05, 3.63) is 36.5 Å². The molecule has 3 unspecified atom stereocenters. The zero-order chi connectivity index (χ0) is 39.8. The van der Waals surface area contributed by atoms with E-state index in [2.05, 4.69) is 50.3 Å². The summed E-state index contributed by atoms with van der Waals surface area (Å²) in [6.45, 7) is 2.09. The van der Waals surface area contributed by atoms with Crippen molar-refractivity contribution in [3.63, 3.8) is 0 Å². The third kappa shape index (κ3) is 37.1. The number of allylic oxidation sites excluding steroid dienone is 6. The highest BCUT2D eigenvalue weighted by atomic mass is 31.2. The topological polar surface area (TPSA) is 149 Å². The molecule has 316 valence electrons. The lowest BCUT2D eigenvalue weighted by molar-refractivity contribution is -0.153. The second-order valence-electron chi connectivity index (χ2n) is 14.3. The Kier molecular flexibility index (Phi) is 38.1. The van der Waals surface area contributed by atoms with Crippen LogP contribution in [0.1, 0.15) is 187 Å². The lowest BCUT2D eigenvalue weighted by Gasteiger charge is -2.20. The van der Waals surface area contributed by atoms with Crippen molar-refractivity contribution in [1.29, 1.82) is 0 Å². The molecule has 0 spiro atoms. The highest BCUT2D eigenvalue weighted by Crippen LogP contribution is 2.43. The summed E-state index contributed by atoms with van der Waals surface area (Å²) < 4.78 is 32.5. The average molecular weight is 787 g/mol. The van der Waals surface area contributed by atoms with Crippen LogP contribution in [0.25, 0.3) is 0 Å². The normalized spacial score (nSPS) is 14.2. The van der Waals surface area contributed by atoms with Gasteiger partial charge in [-0.1, -0.05) is 166 Å². The molecule has 0 bridgehead atoms. The number of unbranched alkanes of at least 4 members (excludes halogenated alkanes) is 20. The van der Waals surface area contributed by atoms with Gasteiger partial charge in [0.25, 0.3) is 0 Å². The second-order valence-corrected chi connectivity index (χ2v) is 15.8. The molecule has 3 N–H and O–H groups in total. The van der Waals surface area contributed by atoms with E-state index >= 15 is 0 Å². The van der Waals surface area contributed by atoms with Crippen molar-refractivity contribution in [1.82, 2.24) is 0 Å². The maximum Gasteiger partial charge on any atom is 0.472 e. The summed E-state index contributed by atoms with van der Waals surface area (Å²) in [6.07, 6.45) is 39.7. The third-order valence-corrected chi connectivity index (χ3v) is 10.1. The molecular weight excluding hydrogens is 707 g/mol. The Morgan fingerprint density at radius 1 is 0.519 bits per heavy atom. The molecule has 0 saturated heterocycles. The fraction of sp³-hybridized carbons (Fsp3) is 0.814. The number of esters is 2. The van der Waals surface area contributed by atoms with Crippen molar-refractivity contribution in [3.8, 4) is 0 Å². The van der Waals surface area contributed by atoms with Crippen molar-refractivity contribution >= 4 is 19.8 Å². The summed E-state index contributed by atoms with van der Waals surface area (Å²) in [5, 5.41) is 19.1. The Balaban J connectivity index is 3.93. The maximum atomic E-state index is 12.4. The molecule has 0 aliphatic rings. The van der Waals surface area contributed by atoms with Crippen LogP contribution in [0.4, 0.5) is 0 Å². The summed E-state index contributed by atoms with van der Waals surface area (Å²) in [6, 6.07) is 0. The van der Waals surface area contributed by atoms with Crippen molar-refractivity contribution in [2.45, 2.75) is 199 Å². The van der Waals surface area contributed by atoms with Crippen LogP contribution >= 0.6 is 7.82 Å². The van der Waals surface area contributed by atoms with E-state index in [1.807, 2.05) is 0 Å². The Hall–Kier alpha value is -1.81. The molecule has 0 radical (unpaired) electrons. The summed E-state index contributed by atoms with van der Waals surface area (Å²) >= 11 is 0. The summed E-state index contributed by atoms with van der Waals surface area (Å²) in [5.41, 5.74) is 0. The first-order chi connectivity index (χ1) is 26.3. The number of ether oxygens (including phenoxy) is 2. The standard InChI is InChI=1S/C43H79O10P/c1-3-5-7-9-11-13-15-17-19-21-23-25-27-29-31-33-35-43(47)53-41(37-45)39-51-54(48,49)50-38-40(36-44)52-42(46)34-32-30-28-26-24-22-20-18-16-14-12-10-8-6-4-2/h6,8,12,14,18,20,40-41,44-45H,3-5,7,9-11,13,15-17,19,21-39H2,1-2H3,(H,48,49)/b8-6-,14-12-,20-18-. The van der Waals surface area contributed by atoms with E-state index in [9.17, 15) is 29.3 Å². The molecular formula is C43H79O10P. The third-order valence-electron chi connectivity index (χ3n) is 9.12. The lowest BCUT2D eigenvalue weighted by atomic mass is 10.0. The van der Waals surface area contributed by atoms with Gasteiger partial charge in [-0.15, -0.1) is 0 Å². The number of carbonyl (C=O) groups is 2. The number of carbonyl (C=O) groups excluding carboxylic acids is 2. The van der Waals surface area contributed by atoms with E-state index in [-0.39, 0.29) is 12.8 Å². The first kappa shape index (κ1) is 52.2. The molecule has 0 amide bonds. The highest BCUT2D eigenvalue weighted by Gasteiger charge is 2.27. The minimum absolute atomic E-state index is 0.173. The molecule has 0 aliphatic carbocycles. The fourth-order valence-corrected chi connectivity index (χ4v) is 6.62. The van der Waals surface area contributed by atoms with Crippen LogP contribution in [-0.2, 0) is 32.7 Å². The van der Waals surface area contributed by atoms with Crippen LogP contribution in [-0.4, -0.2) is 65.7 Å². The van der Waals surface area contributed by atoms with Gasteiger partial charge in [-0.25, -0.2) is 4.57 Å². The van der Waals surface area contributed by atoms with Crippen molar-refractivity contribution in [2.75, 3.05) is 26.4 Å². The first-order valence-electron chi connectivity index (χ1n) is 21.4. The number of hydrogen-bond donors (Lipinski definition) is 3. The fourth-order valence-electron chi connectivity index (χ4n) is 5.84. The van der Waals surface area contributed by atoms with E-state index in [4.69, 9.17) is 18.5 Å².